The highest BCUT2D eigenvalue weighted by atomic mass is 32.2. The molecule has 0 aliphatic rings. The van der Waals surface area contributed by atoms with E-state index in [1.165, 1.54) is 24.3 Å². The van der Waals surface area contributed by atoms with Gasteiger partial charge in [0.05, 0.1) is 12.3 Å². The summed E-state index contributed by atoms with van der Waals surface area (Å²) >= 11 is -0.164. The Kier molecular flexibility index (Phi) is 4.95. The van der Waals surface area contributed by atoms with E-state index in [0.29, 0.717) is 12.0 Å². The molecule has 0 saturated heterocycles. The molecule has 2 rings (SSSR count). The predicted molar refractivity (Wildman–Crippen MR) is 74.9 cm³/mol. The van der Waals surface area contributed by atoms with Gasteiger partial charge in [-0.25, -0.2) is 0 Å². The van der Waals surface area contributed by atoms with Crippen LogP contribution in [0.3, 0.4) is 0 Å². The van der Waals surface area contributed by atoms with Crippen molar-refractivity contribution in [1.82, 2.24) is 9.78 Å². The molecule has 0 bridgehead atoms. The Morgan fingerprint density at radius 2 is 1.95 bits per heavy atom. The minimum absolute atomic E-state index is 0.109. The smallest absolute Gasteiger partial charge is 0.388 e. The number of aromatic nitrogens is 2. The number of hydrogen-bond acceptors (Lipinski definition) is 3. The molecule has 1 heterocycles. The molecule has 2 aromatic rings. The minimum Gasteiger partial charge on any atom is -0.388 e. The molecule has 0 spiro atoms. The Morgan fingerprint density at radius 3 is 2.48 bits per heavy atom. The van der Waals surface area contributed by atoms with Gasteiger partial charge in [0.25, 0.3) is 0 Å². The Morgan fingerprint density at radius 1 is 1.29 bits per heavy atom. The van der Waals surface area contributed by atoms with Crippen molar-refractivity contribution in [3.05, 3.63) is 47.8 Å². The number of benzene rings is 1. The number of alkyl halides is 3. The standard InChI is InChI=1S/C14H15F3N2OS/c1-2-19-9-10(8-18-19)7-13(20)11-3-5-12(6-4-11)21-14(15,16)17/h3-6,8-9,13,20H,2,7H2,1H3. The van der Waals surface area contributed by atoms with Gasteiger partial charge in [-0.15, -0.1) is 0 Å². The third-order valence-electron chi connectivity index (χ3n) is 2.94. The van der Waals surface area contributed by atoms with E-state index in [-0.39, 0.29) is 16.7 Å². The molecule has 1 unspecified atom stereocenters. The minimum atomic E-state index is -4.30. The van der Waals surface area contributed by atoms with Gasteiger partial charge < -0.3 is 5.11 Å². The Hall–Kier alpha value is -1.47. The van der Waals surface area contributed by atoms with Crippen molar-refractivity contribution in [3.8, 4) is 0 Å². The molecule has 114 valence electrons. The van der Waals surface area contributed by atoms with Crippen molar-refractivity contribution in [1.29, 1.82) is 0 Å². The average molecular weight is 316 g/mol. The number of thioether (sulfide) groups is 1. The van der Waals surface area contributed by atoms with E-state index in [4.69, 9.17) is 0 Å². The fraction of sp³-hybridized carbons (Fsp3) is 0.357. The second-order valence-corrected chi connectivity index (χ2v) is 5.68. The lowest BCUT2D eigenvalue weighted by atomic mass is 10.0. The summed E-state index contributed by atoms with van der Waals surface area (Å²) in [6.45, 7) is 2.71. The first-order chi connectivity index (χ1) is 9.87. The van der Waals surface area contributed by atoms with Gasteiger partial charge in [0.1, 0.15) is 0 Å². The molecule has 0 amide bonds. The molecule has 1 aromatic carbocycles. The molecule has 0 saturated carbocycles. The van der Waals surface area contributed by atoms with Crippen LogP contribution in [0.5, 0.6) is 0 Å². The molecule has 0 aliphatic heterocycles. The molecule has 0 fully saturated rings. The monoisotopic (exact) mass is 316 g/mol. The molecule has 3 nitrogen and oxygen atoms in total. The third kappa shape index (κ3) is 4.78. The maximum atomic E-state index is 12.2. The van der Waals surface area contributed by atoms with Crippen molar-refractivity contribution in [3.63, 3.8) is 0 Å². The number of halogens is 3. The van der Waals surface area contributed by atoms with Gasteiger partial charge in [-0.3, -0.25) is 4.68 Å². The van der Waals surface area contributed by atoms with Crippen LogP contribution in [0.25, 0.3) is 0 Å². The molecule has 7 heteroatoms. The average Bonchev–Trinajstić information content (AvgIpc) is 2.85. The lowest BCUT2D eigenvalue weighted by Gasteiger charge is -2.11. The summed E-state index contributed by atoms with van der Waals surface area (Å²) in [6, 6.07) is 5.77. The molecule has 1 N–H and O–H groups in total. The van der Waals surface area contributed by atoms with Crippen LogP contribution in [0, 0.1) is 0 Å². The fourth-order valence-corrected chi connectivity index (χ4v) is 2.46. The molecule has 0 aliphatic carbocycles. The first-order valence-electron chi connectivity index (χ1n) is 6.42. The number of aryl methyl sites for hydroxylation is 1. The first kappa shape index (κ1) is 15.9. The van der Waals surface area contributed by atoms with E-state index in [0.717, 1.165) is 12.1 Å². The van der Waals surface area contributed by atoms with Gasteiger partial charge >= 0.3 is 5.51 Å². The van der Waals surface area contributed by atoms with E-state index in [2.05, 4.69) is 5.10 Å². The van der Waals surface area contributed by atoms with Crippen LogP contribution in [0.2, 0.25) is 0 Å². The summed E-state index contributed by atoms with van der Waals surface area (Å²) < 4.78 is 38.4. The predicted octanol–water partition coefficient (Wildman–Crippen LogP) is 3.79. The van der Waals surface area contributed by atoms with Crippen LogP contribution in [0.1, 0.15) is 24.2 Å². The number of aliphatic hydroxyl groups is 1. The van der Waals surface area contributed by atoms with E-state index in [9.17, 15) is 18.3 Å². The fourth-order valence-electron chi connectivity index (χ4n) is 1.92. The van der Waals surface area contributed by atoms with Crippen molar-refractivity contribution in [2.24, 2.45) is 0 Å². The SMILES string of the molecule is CCn1cc(CC(O)c2ccc(SC(F)(F)F)cc2)cn1. The van der Waals surface area contributed by atoms with Gasteiger partial charge in [0.15, 0.2) is 0 Å². The van der Waals surface area contributed by atoms with Crippen molar-refractivity contribution < 1.29 is 18.3 Å². The van der Waals surface area contributed by atoms with Crippen LogP contribution in [0.15, 0.2) is 41.6 Å². The van der Waals surface area contributed by atoms with Crippen LogP contribution >= 0.6 is 11.8 Å². The maximum Gasteiger partial charge on any atom is 0.446 e. The van der Waals surface area contributed by atoms with Crippen LogP contribution < -0.4 is 0 Å². The van der Waals surface area contributed by atoms with Gasteiger partial charge in [-0.05, 0) is 41.9 Å². The summed E-state index contributed by atoms with van der Waals surface area (Å²) in [7, 11) is 0. The van der Waals surface area contributed by atoms with Crippen molar-refractivity contribution in [2.75, 3.05) is 0 Å². The summed E-state index contributed by atoms with van der Waals surface area (Å²) in [5.41, 5.74) is -2.82. The van der Waals surface area contributed by atoms with E-state index >= 15 is 0 Å². The van der Waals surface area contributed by atoms with E-state index < -0.39 is 11.6 Å². The van der Waals surface area contributed by atoms with Gasteiger partial charge in [0, 0.05) is 24.1 Å². The number of hydrogen-bond donors (Lipinski definition) is 1. The number of rotatable bonds is 5. The second kappa shape index (κ2) is 6.53. The quantitative estimate of drug-likeness (QED) is 0.853. The summed E-state index contributed by atoms with van der Waals surface area (Å²) in [5.74, 6) is 0. The van der Waals surface area contributed by atoms with Gasteiger partial charge in [0.2, 0.25) is 0 Å². The number of aliphatic hydroxyl groups excluding tert-OH is 1. The zero-order chi connectivity index (χ0) is 15.5. The topological polar surface area (TPSA) is 38.0 Å². The summed E-state index contributed by atoms with van der Waals surface area (Å²) in [4.78, 5) is 0.109. The van der Waals surface area contributed by atoms with Gasteiger partial charge in [-0.1, -0.05) is 12.1 Å². The lowest BCUT2D eigenvalue weighted by Crippen LogP contribution is -2.02. The number of nitrogens with zero attached hydrogens (tertiary/aromatic N) is 2. The molecule has 0 radical (unpaired) electrons. The zero-order valence-electron chi connectivity index (χ0n) is 11.3. The van der Waals surface area contributed by atoms with Crippen molar-refractivity contribution >= 4 is 11.8 Å². The van der Waals surface area contributed by atoms with Gasteiger partial charge in [-0.2, -0.15) is 18.3 Å². The van der Waals surface area contributed by atoms with Crippen molar-refractivity contribution in [2.45, 2.75) is 36.4 Å². The highest BCUT2D eigenvalue weighted by Crippen LogP contribution is 2.37. The Bertz CT molecular complexity index is 581. The highest BCUT2D eigenvalue weighted by molar-refractivity contribution is 8.00. The van der Waals surface area contributed by atoms with E-state index in [1.54, 1.807) is 10.9 Å². The largest absolute Gasteiger partial charge is 0.446 e. The molecule has 1 atom stereocenters. The van der Waals surface area contributed by atoms with E-state index in [1.807, 2.05) is 13.1 Å². The lowest BCUT2D eigenvalue weighted by molar-refractivity contribution is -0.0328. The molecular weight excluding hydrogens is 301 g/mol. The Balaban J connectivity index is 2.00. The first-order valence-corrected chi connectivity index (χ1v) is 7.24. The van der Waals surface area contributed by atoms with Crippen LogP contribution in [0.4, 0.5) is 13.2 Å². The Labute approximate surface area is 124 Å². The maximum absolute atomic E-state index is 12.2. The third-order valence-corrected chi connectivity index (χ3v) is 3.68. The molecule has 1 aromatic heterocycles. The second-order valence-electron chi connectivity index (χ2n) is 4.54. The summed E-state index contributed by atoms with van der Waals surface area (Å²) in [5, 5.41) is 14.2. The molecular formula is C14H15F3N2OS. The summed E-state index contributed by atoms with van der Waals surface area (Å²) in [6.07, 6.45) is 3.15. The van der Waals surface area contributed by atoms with Crippen LogP contribution in [-0.4, -0.2) is 20.4 Å². The molecule has 21 heavy (non-hydrogen) atoms. The highest BCUT2D eigenvalue weighted by Gasteiger charge is 2.29. The zero-order valence-corrected chi connectivity index (χ0v) is 12.2. The van der Waals surface area contributed by atoms with Crippen LogP contribution in [-0.2, 0) is 13.0 Å². The normalized spacial score (nSPS) is 13.4.